The highest BCUT2D eigenvalue weighted by Crippen LogP contribution is 2.12. The lowest BCUT2D eigenvalue weighted by Gasteiger charge is -2.32. The maximum Gasteiger partial charge on any atom is 0.240 e. The first-order chi connectivity index (χ1) is 10.9. The summed E-state index contributed by atoms with van der Waals surface area (Å²) in [4.78, 5) is 13.9. The minimum Gasteiger partial charge on any atom is -0.341 e. The fourth-order valence-electron chi connectivity index (χ4n) is 2.59. The molecule has 1 aliphatic heterocycles. The highest BCUT2D eigenvalue weighted by atomic mass is 32.2. The summed E-state index contributed by atoms with van der Waals surface area (Å²) >= 11 is 0. The number of hydrogen-bond donors (Lipinski definition) is 2. The summed E-state index contributed by atoms with van der Waals surface area (Å²) in [6.45, 7) is 1.39. The molecule has 1 aromatic carbocycles. The standard InChI is InChI=1S/C15H22FN3O3S/c1-17-13-3-2-10-19(11-13)15(20)8-9-18-23(21,22)14-6-4-12(16)5-7-14/h4-7,13,17-18H,2-3,8-11H2,1H3. The van der Waals surface area contributed by atoms with E-state index in [1.54, 1.807) is 4.90 Å². The maximum absolute atomic E-state index is 12.8. The molecule has 6 nitrogen and oxygen atoms in total. The lowest BCUT2D eigenvalue weighted by molar-refractivity contribution is -0.132. The van der Waals surface area contributed by atoms with Crippen LogP contribution in [0.2, 0.25) is 0 Å². The zero-order valence-electron chi connectivity index (χ0n) is 13.1. The largest absolute Gasteiger partial charge is 0.341 e. The zero-order chi connectivity index (χ0) is 16.9. The quantitative estimate of drug-likeness (QED) is 0.797. The number of halogens is 1. The van der Waals surface area contributed by atoms with E-state index >= 15 is 0 Å². The van der Waals surface area contributed by atoms with Crippen molar-refractivity contribution >= 4 is 15.9 Å². The fourth-order valence-corrected chi connectivity index (χ4v) is 3.62. The number of amides is 1. The first kappa shape index (κ1) is 17.8. The van der Waals surface area contributed by atoms with Gasteiger partial charge < -0.3 is 10.2 Å². The van der Waals surface area contributed by atoms with Crippen molar-refractivity contribution in [2.75, 3.05) is 26.7 Å². The highest BCUT2D eigenvalue weighted by molar-refractivity contribution is 7.89. The van der Waals surface area contributed by atoms with E-state index in [1.165, 1.54) is 12.1 Å². The van der Waals surface area contributed by atoms with Crippen LogP contribution in [0.1, 0.15) is 19.3 Å². The second-order valence-electron chi connectivity index (χ2n) is 5.57. The lowest BCUT2D eigenvalue weighted by Crippen LogP contribution is -2.47. The number of nitrogens with zero attached hydrogens (tertiary/aromatic N) is 1. The number of sulfonamides is 1. The summed E-state index contributed by atoms with van der Waals surface area (Å²) in [7, 11) is -1.85. The average Bonchev–Trinajstić information content (AvgIpc) is 2.55. The predicted molar refractivity (Wildman–Crippen MR) is 84.9 cm³/mol. The summed E-state index contributed by atoms with van der Waals surface area (Å²) in [6.07, 6.45) is 2.09. The van der Waals surface area contributed by atoms with E-state index in [2.05, 4.69) is 10.0 Å². The minimum absolute atomic E-state index is 0.0143. The second kappa shape index (κ2) is 7.85. The molecule has 0 radical (unpaired) electrons. The Morgan fingerprint density at radius 3 is 2.70 bits per heavy atom. The molecule has 0 aliphatic carbocycles. The minimum atomic E-state index is -3.72. The molecule has 1 amide bonds. The van der Waals surface area contributed by atoms with Gasteiger partial charge in [0.1, 0.15) is 5.82 Å². The van der Waals surface area contributed by atoms with Crippen LogP contribution in [0.4, 0.5) is 4.39 Å². The average molecular weight is 343 g/mol. The lowest BCUT2D eigenvalue weighted by atomic mass is 10.1. The van der Waals surface area contributed by atoms with Crippen LogP contribution >= 0.6 is 0 Å². The Bertz CT molecular complexity index is 634. The van der Waals surface area contributed by atoms with Crippen LogP contribution in [0.5, 0.6) is 0 Å². The topological polar surface area (TPSA) is 78.5 Å². The van der Waals surface area contributed by atoms with Gasteiger partial charge in [0.25, 0.3) is 0 Å². The van der Waals surface area contributed by atoms with Gasteiger partial charge in [0.05, 0.1) is 4.90 Å². The van der Waals surface area contributed by atoms with Crippen LogP contribution in [0, 0.1) is 5.82 Å². The number of likely N-dealkylation sites (N-methyl/N-ethyl adjacent to an activating group) is 1. The second-order valence-corrected chi connectivity index (χ2v) is 7.34. The normalized spacial score (nSPS) is 18.9. The Kier molecular flexibility index (Phi) is 6.09. The molecule has 1 unspecified atom stereocenters. The SMILES string of the molecule is CNC1CCCN(C(=O)CCNS(=O)(=O)c2ccc(F)cc2)C1. The van der Waals surface area contributed by atoms with Gasteiger partial charge in [-0.05, 0) is 44.2 Å². The van der Waals surface area contributed by atoms with Gasteiger partial charge in [0.15, 0.2) is 0 Å². The smallest absolute Gasteiger partial charge is 0.240 e. The molecule has 2 N–H and O–H groups in total. The molecule has 1 atom stereocenters. The molecule has 1 heterocycles. The van der Waals surface area contributed by atoms with Crippen molar-refractivity contribution in [3.05, 3.63) is 30.1 Å². The number of carbonyl (C=O) groups excluding carboxylic acids is 1. The Morgan fingerprint density at radius 2 is 2.04 bits per heavy atom. The third-order valence-corrected chi connectivity index (χ3v) is 5.41. The number of nitrogens with one attached hydrogen (secondary N) is 2. The molecule has 2 rings (SSSR count). The molecule has 128 valence electrons. The van der Waals surface area contributed by atoms with Crippen molar-refractivity contribution < 1.29 is 17.6 Å². The molecule has 0 spiro atoms. The Labute approximate surface area is 136 Å². The third-order valence-electron chi connectivity index (χ3n) is 3.94. The Hall–Kier alpha value is -1.51. The molecule has 0 aromatic heterocycles. The number of hydrogen-bond acceptors (Lipinski definition) is 4. The number of likely N-dealkylation sites (tertiary alicyclic amines) is 1. The van der Waals surface area contributed by atoms with Crippen LogP contribution in [-0.2, 0) is 14.8 Å². The summed E-state index contributed by atoms with van der Waals surface area (Å²) in [6, 6.07) is 4.86. The van der Waals surface area contributed by atoms with Crippen molar-refractivity contribution in [3.63, 3.8) is 0 Å². The molecule has 0 saturated carbocycles. The van der Waals surface area contributed by atoms with Crippen molar-refractivity contribution in [2.45, 2.75) is 30.2 Å². The molecule has 1 saturated heterocycles. The third kappa shape index (κ3) is 4.98. The van der Waals surface area contributed by atoms with Crippen LogP contribution < -0.4 is 10.0 Å². The van der Waals surface area contributed by atoms with E-state index in [4.69, 9.17) is 0 Å². The summed E-state index contributed by atoms with van der Waals surface area (Å²) in [5.74, 6) is -0.560. The summed E-state index contributed by atoms with van der Waals surface area (Å²) in [5.41, 5.74) is 0. The van der Waals surface area contributed by atoms with Gasteiger partial charge in [-0.15, -0.1) is 0 Å². The molecular formula is C15H22FN3O3S. The van der Waals surface area contributed by atoms with E-state index in [-0.39, 0.29) is 23.8 Å². The van der Waals surface area contributed by atoms with E-state index in [0.29, 0.717) is 19.1 Å². The van der Waals surface area contributed by atoms with Crippen molar-refractivity contribution in [1.82, 2.24) is 14.9 Å². The van der Waals surface area contributed by atoms with Crippen molar-refractivity contribution in [2.24, 2.45) is 0 Å². The fraction of sp³-hybridized carbons (Fsp3) is 0.533. The van der Waals surface area contributed by atoms with Crippen LogP contribution in [-0.4, -0.2) is 51.9 Å². The number of rotatable bonds is 6. The van der Waals surface area contributed by atoms with Crippen LogP contribution in [0.25, 0.3) is 0 Å². The van der Waals surface area contributed by atoms with Crippen LogP contribution in [0.3, 0.4) is 0 Å². The van der Waals surface area contributed by atoms with Gasteiger partial charge in [-0.1, -0.05) is 0 Å². The first-order valence-electron chi connectivity index (χ1n) is 7.62. The van der Waals surface area contributed by atoms with Crippen LogP contribution in [0.15, 0.2) is 29.2 Å². The number of piperidine rings is 1. The molecule has 1 aliphatic rings. The molecule has 0 bridgehead atoms. The Morgan fingerprint density at radius 1 is 1.35 bits per heavy atom. The molecular weight excluding hydrogens is 321 g/mol. The van der Waals surface area contributed by atoms with Crippen molar-refractivity contribution in [1.29, 1.82) is 0 Å². The van der Waals surface area contributed by atoms with Gasteiger partial charge in [-0.25, -0.2) is 17.5 Å². The van der Waals surface area contributed by atoms with Gasteiger partial charge in [0.2, 0.25) is 15.9 Å². The summed E-state index contributed by atoms with van der Waals surface area (Å²) < 4.78 is 39.3. The van der Waals surface area contributed by atoms with Crippen molar-refractivity contribution in [3.8, 4) is 0 Å². The highest BCUT2D eigenvalue weighted by Gasteiger charge is 2.22. The molecule has 1 fully saturated rings. The van der Waals surface area contributed by atoms with E-state index < -0.39 is 15.8 Å². The van der Waals surface area contributed by atoms with E-state index in [0.717, 1.165) is 25.0 Å². The predicted octanol–water partition coefficient (Wildman–Crippen LogP) is 0.704. The van der Waals surface area contributed by atoms with Gasteiger partial charge >= 0.3 is 0 Å². The molecule has 8 heteroatoms. The number of carbonyl (C=O) groups is 1. The maximum atomic E-state index is 12.8. The zero-order valence-corrected chi connectivity index (χ0v) is 13.9. The van der Waals surface area contributed by atoms with Gasteiger partial charge in [-0.2, -0.15) is 0 Å². The van der Waals surface area contributed by atoms with Gasteiger partial charge in [0, 0.05) is 32.1 Å². The number of benzene rings is 1. The monoisotopic (exact) mass is 343 g/mol. The van der Waals surface area contributed by atoms with E-state index in [1.807, 2.05) is 7.05 Å². The Balaban J connectivity index is 1.84. The molecule has 1 aromatic rings. The molecule has 23 heavy (non-hydrogen) atoms. The van der Waals surface area contributed by atoms with E-state index in [9.17, 15) is 17.6 Å². The first-order valence-corrected chi connectivity index (χ1v) is 9.11. The summed E-state index contributed by atoms with van der Waals surface area (Å²) in [5, 5.41) is 3.16. The van der Waals surface area contributed by atoms with Gasteiger partial charge in [-0.3, -0.25) is 4.79 Å².